The smallest absolute Gasteiger partial charge is 0.335 e. The van der Waals surface area contributed by atoms with E-state index in [0.29, 0.717) is 24.9 Å². The minimum absolute atomic E-state index is 0.0984. The van der Waals surface area contributed by atoms with Crippen LogP contribution in [0, 0.1) is 12.3 Å². The van der Waals surface area contributed by atoms with E-state index in [9.17, 15) is 9.59 Å². The highest BCUT2D eigenvalue weighted by molar-refractivity contribution is 5.97. The first kappa shape index (κ1) is 12.8. The second-order valence-corrected chi connectivity index (χ2v) is 3.45. The van der Waals surface area contributed by atoms with Crippen LogP contribution in [0.25, 0.3) is 0 Å². The highest BCUT2D eigenvalue weighted by atomic mass is 16.4. The molecule has 2 N–H and O–H groups in total. The lowest BCUT2D eigenvalue weighted by molar-refractivity contribution is 0.0697. The molecule has 0 aliphatic rings. The van der Waals surface area contributed by atoms with E-state index < -0.39 is 5.97 Å². The van der Waals surface area contributed by atoms with Crippen LogP contribution in [0.3, 0.4) is 0 Å². The van der Waals surface area contributed by atoms with Gasteiger partial charge in [0.1, 0.15) is 0 Å². The van der Waals surface area contributed by atoms with Crippen molar-refractivity contribution in [3.63, 3.8) is 0 Å². The standard InChI is InChI=1S/C13H13NO3/c1-2-3-4-8-14-12(15)10-6-5-7-11(9-10)13(16)17/h1,5-7,9H,3-4,8H2,(H,14,15)(H,16,17). The summed E-state index contributed by atoms with van der Waals surface area (Å²) in [6, 6.07) is 5.90. The SMILES string of the molecule is C#CCCCNC(=O)c1cccc(C(=O)O)c1. The van der Waals surface area contributed by atoms with Gasteiger partial charge < -0.3 is 10.4 Å². The molecule has 0 unspecified atom stereocenters. The minimum Gasteiger partial charge on any atom is -0.478 e. The second-order valence-electron chi connectivity index (χ2n) is 3.45. The van der Waals surface area contributed by atoms with Gasteiger partial charge in [-0.05, 0) is 24.6 Å². The van der Waals surface area contributed by atoms with Gasteiger partial charge in [0.05, 0.1) is 5.56 Å². The van der Waals surface area contributed by atoms with Crippen LogP contribution in [0.1, 0.15) is 33.6 Å². The third kappa shape index (κ3) is 3.99. The molecule has 4 heteroatoms. The molecule has 1 rings (SSSR count). The summed E-state index contributed by atoms with van der Waals surface area (Å²) in [7, 11) is 0. The number of terminal acetylenes is 1. The predicted molar refractivity (Wildman–Crippen MR) is 63.8 cm³/mol. The first-order chi connectivity index (χ1) is 8.15. The van der Waals surface area contributed by atoms with Crippen LogP contribution < -0.4 is 5.32 Å². The molecule has 0 heterocycles. The van der Waals surface area contributed by atoms with E-state index in [0.717, 1.165) is 0 Å². The van der Waals surface area contributed by atoms with Crippen LogP contribution in [0.4, 0.5) is 0 Å². The van der Waals surface area contributed by atoms with Crippen LogP contribution in [0.15, 0.2) is 24.3 Å². The molecule has 0 aliphatic carbocycles. The average molecular weight is 231 g/mol. The topological polar surface area (TPSA) is 66.4 Å². The molecule has 88 valence electrons. The number of aromatic carboxylic acids is 1. The number of carbonyl (C=O) groups excluding carboxylic acids is 1. The van der Waals surface area contributed by atoms with Crippen LogP contribution in [-0.4, -0.2) is 23.5 Å². The Labute approximate surface area is 99.7 Å². The van der Waals surface area contributed by atoms with Gasteiger partial charge in [-0.15, -0.1) is 12.3 Å². The molecule has 0 atom stereocenters. The normalized spacial score (nSPS) is 9.35. The largest absolute Gasteiger partial charge is 0.478 e. The lowest BCUT2D eigenvalue weighted by Crippen LogP contribution is -2.24. The van der Waals surface area contributed by atoms with Gasteiger partial charge in [-0.1, -0.05) is 6.07 Å². The van der Waals surface area contributed by atoms with Crippen molar-refractivity contribution in [1.29, 1.82) is 0 Å². The van der Waals surface area contributed by atoms with Crippen molar-refractivity contribution in [1.82, 2.24) is 5.32 Å². The van der Waals surface area contributed by atoms with Crippen LogP contribution in [0.2, 0.25) is 0 Å². The Morgan fingerprint density at radius 1 is 1.35 bits per heavy atom. The third-order valence-electron chi connectivity index (χ3n) is 2.16. The molecule has 0 aromatic heterocycles. The maximum Gasteiger partial charge on any atom is 0.335 e. The highest BCUT2D eigenvalue weighted by Gasteiger charge is 2.08. The number of nitrogens with one attached hydrogen (secondary N) is 1. The minimum atomic E-state index is -1.05. The van der Waals surface area contributed by atoms with Crippen LogP contribution in [-0.2, 0) is 0 Å². The zero-order valence-corrected chi connectivity index (χ0v) is 9.27. The average Bonchev–Trinajstić information content (AvgIpc) is 2.34. The van der Waals surface area contributed by atoms with Crippen molar-refractivity contribution in [2.24, 2.45) is 0 Å². The number of hydrogen-bond acceptors (Lipinski definition) is 2. The highest BCUT2D eigenvalue weighted by Crippen LogP contribution is 2.05. The Kier molecular flexibility index (Phi) is 4.77. The van der Waals surface area contributed by atoms with Gasteiger partial charge >= 0.3 is 5.97 Å². The fourth-order valence-corrected chi connectivity index (χ4v) is 1.29. The van der Waals surface area contributed by atoms with Gasteiger partial charge in [0.25, 0.3) is 5.91 Å². The van der Waals surface area contributed by atoms with Crippen molar-refractivity contribution in [2.45, 2.75) is 12.8 Å². The Bertz CT molecular complexity index is 460. The first-order valence-corrected chi connectivity index (χ1v) is 5.20. The maximum absolute atomic E-state index is 11.6. The first-order valence-electron chi connectivity index (χ1n) is 5.20. The summed E-state index contributed by atoms with van der Waals surface area (Å²) in [4.78, 5) is 22.3. The van der Waals surface area contributed by atoms with Gasteiger partial charge in [0, 0.05) is 18.5 Å². The molecule has 0 saturated carbocycles. The third-order valence-corrected chi connectivity index (χ3v) is 2.16. The molecule has 0 spiro atoms. The number of carbonyl (C=O) groups is 2. The van der Waals surface area contributed by atoms with Crippen LogP contribution >= 0.6 is 0 Å². The van der Waals surface area contributed by atoms with E-state index in [1.807, 2.05) is 0 Å². The molecule has 1 amide bonds. The Morgan fingerprint density at radius 2 is 2.06 bits per heavy atom. The lowest BCUT2D eigenvalue weighted by Gasteiger charge is -2.04. The number of amides is 1. The predicted octanol–water partition coefficient (Wildman–Crippen LogP) is 1.53. The maximum atomic E-state index is 11.6. The lowest BCUT2D eigenvalue weighted by atomic mass is 10.1. The summed E-state index contributed by atoms with van der Waals surface area (Å²) in [5, 5.41) is 11.5. The van der Waals surface area contributed by atoms with Crippen molar-refractivity contribution in [3.8, 4) is 12.3 Å². The Balaban J connectivity index is 2.60. The monoisotopic (exact) mass is 231 g/mol. The fourth-order valence-electron chi connectivity index (χ4n) is 1.29. The summed E-state index contributed by atoms with van der Waals surface area (Å²) >= 11 is 0. The van der Waals surface area contributed by atoms with Gasteiger partial charge in [0.2, 0.25) is 0 Å². The second kappa shape index (κ2) is 6.33. The molecular weight excluding hydrogens is 218 g/mol. The molecule has 4 nitrogen and oxygen atoms in total. The van der Waals surface area contributed by atoms with Gasteiger partial charge in [-0.3, -0.25) is 4.79 Å². The number of hydrogen-bond donors (Lipinski definition) is 2. The zero-order valence-electron chi connectivity index (χ0n) is 9.27. The fraction of sp³-hybridized carbons (Fsp3) is 0.231. The molecule has 1 aromatic rings. The van der Waals surface area contributed by atoms with Crippen molar-refractivity contribution in [3.05, 3.63) is 35.4 Å². The van der Waals surface area contributed by atoms with E-state index in [1.165, 1.54) is 12.1 Å². The van der Waals surface area contributed by atoms with Crippen LogP contribution in [0.5, 0.6) is 0 Å². The Morgan fingerprint density at radius 3 is 2.71 bits per heavy atom. The quantitative estimate of drug-likeness (QED) is 0.596. The molecule has 0 aliphatic heterocycles. The molecule has 0 bridgehead atoms. The van der Waals surface area contributed by atoms with E-state index in [1.54, 1.807) is 12.1 Å². The van der Waals surface area contributed by atoms with E-state index in [4.69, 9.17) is 11.5 Å². The van der Waals surface area contributed by atoms with E-state index >= 15 is 0 Å². The number of rotatable bonds is 5. The number of carboxylic acids is 1. The number of unbranched alkanes of at least 4 members (excludes halogenated alkanes) is 1. The van der Waals surface area contributed by atoms with Crippen molar-refractivity contribution >= 4 is 11.9 Å². The van der Waals surface area contributed by atoms with Crippen molar-refractivity contribution in [2.75, 3.05) is 6.54 Å². The number of carboxylic acid groups (broad SMARTS) is 1. The van der Waals surface area contributed by atoms with E-state index in [2.05, 4.69) is 11.2 Å². The summed E-state index contributed by atoms with van der Waals surface area (Å²) in [5.74, 6) is 1.14. The molecule has 0 saturated heterocycles. The molecular formula is C13H13NO3. The van der Waals surface area contributed by atoms with Gasteiger partial charge in [0.15, 0.2) is 0 Å². The zero-order chi connectivity index (χ0) is 12.7. The van der Waals surface area contributed by atoms with Gasteiger partial charge in [-0.2, -0.15) is 0 Å². The summed E-state index contributed by atoms with van der Waals surface area (Å²) in [6.07, 6.45) is 6.40. The molecule has 17 heavy (non-hydrogen) atoms. The summed E-state index contributed by atoms with van der Waals surface area (Å²) in [6.45, 7) is 0.486. The molecule has 1 aromatic carbocycles. The summed E-state index contributed by atoms with van der Waals surface area (Å²) in [5.41, 5.74) is 0.437. The van der Waals surface area contributed by atoms with Crippen molar-refractivity contribution < 1.29 is 14.7 Å². The Hall–Kier alpha value is -2.28. The van der Waals surface area contributed by atoms with Gasteiger partial charge in [-0.25, -0.2) is 4.79 Å². The summed E-state index contributed by atoms with van der Waals surface area (Å²) < 4.78 is 0. The van der Waals surface area contributed by atoms with E-state index in [-0.39, 0.29) is 11.5 Å². The molecule has 0 radical (unpaired) electrons. The molecule has 0 fully saturated rings. The number of benzene rings is 1.